The van der Waals surface area contributed by atoms with Gasteiger partial charge in [0.15, 0.2) is 5.92 Å². The van der Waals surface area contributed by atoms with Crippen LogP contribution in [-0.4, -0.2) is 23.1 Å². The Morgan fingerprint density at radius 2 is 1.22 bits per heavy atom. The van der Waals surface area contributed by atoms with Gasteiger partial charge in [0.05, 0.1) is 0 Å². The molecule has 0 radical (unpaired) electrons. The highest BCUT2D eigenvalue weighted by molar-refractivity contribution is 5.95. The number of rotatable bonds is 4. The summed E-state index contributed by atoms with van der Waals surface area (Å²) in [5, 5.41) is 0. The van der Waals surface area contributed by atoms with E-state index in [-0.39, 0.29) is 0 Å². The van der Waals surface area contributed by atoms with Gasteiger partial charge in [0.25, 0.3) is 0 Å². The molecule has 0 rings (SSSR count). The summed E-state index contributed by atoms with van der Waals surface area (Å²) in [7, 11) is 0. The Kier molecular flexibility index (Phi) is 5.84. The molecule has 18 heavy (non-hydrogen) atoms. The summed E-state index contributed by atoms with van der Waals surface area (Å²) in [5.41, 5.74) is -1.18. The van der Waals surface area contributed by atoms with Crippen LogP contribution in [0, 0.1) is 5.92 Å². The van der Waals surface area contributed by atoms with Gasteiger partial charge in [0.1, 0.15) is 11.2 Å². The molecule has 0 amide bonds. The van der Waals surface area contributed by atoms with Gasteiger partial charge in [-0.1, -0.05) is 13.3 Å². The van der Waals surface area contributed by atoms with E-state index in [0.29, 0.717) is 6.42 Å². The lowest BCUT2D eigenvalue weighted by atomic mass is 10.0. The summed E-state index contributed by atoms with van der Waals surface area (Å²) in [5.74, 6) is -1.83. The number of esters is 2. The maximum Gasteiger partial charge on any atom is 0.320 e. The number of hydrogen-bond acceptors (Lipinski definition) is 4. The average Bonchev–Trinajstić information content (AvgIpc) is 2.07. The van der Waals surface area contributed by atoms with Crippen LogP contribution in [0.25, 0.3) is 0 Å². The third kappa shape index (κ3) is 7.30. The molecule has 0 aliphatic carbocycles. The molecule has 0 heterocycles. The SMILES string of the molecule is CCCC(C(=O)OC(C)(C)C)C(=O)OC(C)(C)C. The van der Waals surface area contributed by atoms with Crippen LogP contribution in [0.3, 0.4) is 0 Å². The van der Waals surface area contributed by atoms with Crippen LogP contribution in [0.1, 0.15) is 61.3 Å². The first-order chi connectivity index (χ1) is 7.96. The summed E-state index contributed by atoms with van der Waals surface area (Å²) in [4.78, 5) is 23.9. The minimum absolute atomic E-state index is 0.448. The van der Waals surface area contributed by atoms with Crippen molar-refractivity contribution < 1.29 is 19.1 Å². The van der Waals surface area contributed by atoms with E-state index in [4.69, 9.17) is 9.47 Å². The van der Waals surface area contributed by atoms with Crippen LogP contribution < -0.4 is 0 Å². The van der Waals surface area contributed by atoms with Crippen molar-refractivity contribution in [3.63, 3.8) is 0 Å². The molecule has 4 nitrogen and oxygen atoms in total. The van der Waals surface area contributed by atoms with Crippen LogP contribution in [0.15, 0.2) is 0 Å². The predicted octanol–water partition coefficient (Wildman–Crippen LogP) is 3.09. The van der Waals surface area contributed by atoms with Crippen molar-refractivity contribution in [3.8, 4) is 0 Å². The Morgan fingerprint density at radius 1 is 0.889 bits per heavy atom. The molecule has 0 aliphatic rings. The molecular formula is C14H26O4. The zero-order valence-electron chi connectivity index (χ0n) is 12.6. The molecule has 0 fully saturated rings. The van der Waals surface area contributed by atoms with E-state index in [1.54, 1.807) is 41.5 Å². The highest BCUT2D eigenvalue weighted by Crippen LogP contribution is 2.19. The smallest absolute Gasteiger partial charge is 0.320 e. The molecular weight excluding hydrogens is 232 g/mol. The van der Waals surface area contributed by atoms with Crippen molar-refractivity contribution >= 4 is 11.9 Å². The fourth-order valence-corrected chi connectivity index (χ4v) is 1.37. The number of carbonyl (C=O) groups excluding carboxylic acids is 2. The monoisotopic (exact) mass is 258 g/mol. The van der Waals surface area contributed by atoms with Gasteiger partial charge in [-0.05, 0) is 48.0 Å². The van der Waals surface area contributed by atoms with Crippen LogP contribution in [-0.2, 0) is 19.1 Å². The van der Waals surface area contributed by atoms with E-state index < -0.39 is 29.1 Å². The first kappa shape index (κ1) is 16.9. The van der Waals surface area contributed by atoms with Gasteiger partial charge >= 0.3 is 11.9 Å². The van der Waals surface area contributed by atoms with E-state index in [2.05, 4.69) is 0 Å². The van der Waals surface area contributed by atoms with Crippen molar-refractivity contribution in [3.05, 3.63) is 0 Å². The summed E-state index contributed by atoms with van der Waals surface area (Å²) in [6.07, 6.45) is 1.17. The van der Waals surface area contributed by atoms with Crippen LogP contribution in [0.4, 0.5) is 0 Å². The molecule has 0 saturated heterocycles. The Labute approximate surface area is 110 Å². The standard InChI is InChI=1S/C14H26O4/c1-8-9-10(11(15)17-13(2,3)4)12(16)18-14(5,6)7/h10H,8-9H2,1-7H3. The third-order valence-electron chi connectivity index (χ3n) is 1.96. The van der Waals surface area contributed by atoms with Gasteiger partial charge in [0.2, 0.25) is 0 Å². The van der Waals surface area contributed by atoms with Gasteiger partial charge < -0.3 is 9.47 Å². The molecule has 0 aromatic carbocycles. The van der Waals surface area contributed by atoms with Crippen LogP contribution in [0.5, 0.6) is 0 Å². The molecule has 0 N–H and O–H groups in total. The fourth-order valence-electron chi connectivity index (χ4n) is 1.37. The fraction of sp³-hybridized carbons (Fsp3) is 0.857. The summed E-state index contributed by atoms with van der Waals surface area (Å²) >= 11 is 0. The highest BCUT2D eigenvalue weighted by Gasteiger charge is 2.33. The second-order valence-electron chi connectivity index (χ2n) is 6.41. The van der Waals surface area contributed by atoms with Crippen LogP contribution in [0.2, 0.25) is 0 Å². The summed E-state index contributed by atoms with van der Waals surface area (Å²) in [6, 6.07) is 0. The minimum Gasteiger partial charge on any atom is -0.459 e. The minimum atomic E-state index is -0.826. The topological polar surface area (TPSA) is 52.6 Å². The molecule has 0 aromatic rings. The zero-order valence-corrected chi connectivity index (χ0v) is 12.6. The highest BCUT2D eigenvalue weighted by atomic mass is 16.6. The van der Waals surface area contributed by atoms with E-state index in [1.165, 1.54) is 0 Å². The van der Waals surface area contributed by atoms with Gasteiger partial charge in [-0.2, -0.15) is 0 Å². The average molecular weight is 258 g/mol. The first-order valence-electron chi connectivity index (χ1n) is 6.42. The van der Waals surface area contributed by atoms with E-state index in [1.807, 2.05) is 6.92 Å². The van der Waals surface area contributed by atoms with Crippen molar-refractivity contribution in [1.29, 1.82) is 0 Å². The molecule has 0 saturated carbocycles. The van der Waals surface area contributed by atoms with Crippen molar-refractivity contribution in [1.82, 2.24) is 0 Å². The molecule has 0 atom stereocenters. The quantitative estimate of drug-likeness (QED) is 0.574. The zero-order chi connectivity index (χ0) is 14.6. The molecule has 0 unspecified atom stereocenters. The summed E-state index contributed by atoms with van der Waals surface area (Å²) < 4.78 is 10.5. The lowest BCUT2D eigenvalue weighted by Crippen LogP contribution is -2.36. The maximum atomic E-state index is 12.0. The number of hydrogen-bond donors (Lipinski definition) is 0. The second-order valence-corrected chi connectivity index (χ2v) is 6.41. The molecule has 0 aromatic heterocycles. The maximum absolute atomic E-state index is 12.0. The molecule has 0 aliphatic heterocycles. The van der Waals surface area contributed by atoms with E-state index in [9.17, 15) is 9.59 Å². The Hall–Kier alpha value is -1.06. The lowest BCUT2D eigenvalue weighted by Gasteiger charge is -2.26. The third-order valence-corrected chi connectivity index (χ3v) is 1.96. The Balaban J connectivity index is 4.75. The van der Waals surface area contributed by atoms with E-state index >= 15 is 0 Å². The largest absolute Gasteiger partial charge is 0.459 e. The Bertz CT molecular complexity index is 266. The van der Waals surface area contributed by atoms with Gasteiger partial charge in [0, 0.05) is 0 Å². The Morgan fingerprint density at radius 3 is 1.44 bits per heavy atom. The van der Waals surface area contributed by atoms with Gasteiger partial charge in [-0.3, -0.25) is 9.59 Å². The number of ether oxygens (including phenoxy) is 2. The normalized spacial score (nSPS) is 12.4. The first-order valence-corrected chi connectivity index (χ1v) is 6.42. The van der Waals surface area contributed by atoms with Gasteiger partial charge in [-0.15, -0.1) is 0 Å². The van der Waals surface area contributed by atoms with Crippen molar-refractivity contribution in [2.75, 3.05) is 0 Å². The second kappa shape index (κ2) is 6.21. The molecule has 106 valence electrons. The van der Waals surface area contributed by atoms with Gasteiger partial charge in [-0.25, -0.2) is 0 Å². The van der Waals surface area contributed by atoms with Crippen molar-refractivity contribution in [2.45, 2.75) is 72.5 Å². The molecule has 0 bridgehead atoms. The number of carbonyl (C=O) groups is 2. The van der Waals surface area contributed by atoms with Crippen molar-refractivity contribution in [2.24, 2.45) is 5.92 Å². The molecule has 4 heteroatoms. The lowest BCUT2D eigenvalue weighted by molar-refractivity contribution is -0.174. The molecule has 0 spiro atoms. The summed E-state index contributed by atoms with van der Waals surface area (Å²) in [6.45, 7) is 12.6. The van der Waals surface area contributed by atoms with Crippen LogP contribution >= 0.6 is 0 Å². The van der Waals surface area contributed by atoms with E-state index in [0.717, 1.165) is 6.42 Å². The predicted molar refractivity (Wildman–Crippen MR) is 70.1 cm³/mol.